The van der Waals surface area contributed by atoms with E-state index in [0.29, 0.717) is 19.4 Å². The van der Waals surface area contributed by atoms with Crippen molar-refractivity contribution in [2.24, 2.45) is 0 Å². The first-order chi connectivity index (χ1) is 23.7. The Bertz CT molecular complexity index is 727. The number of allylic oxidation sites excluding steroid dienone is 4. The van der Waals surface area contributed by atoms with Crippen molar-refractivity contribution < 1.29 is 19.1 Å². The number of ether oxygens (including phenoxy) is 2. The molecule has 1 unspecified atom stereocenters. The summed E-state index contributed by atoms with van der Waals surface area (Å²) in [6.07, 6.45) is 47.2. The highest BCUT2D eigenvalue weighted by atomic mass is 16.6. The fraction of sp³-hybridized carbons (Fsp3) is 0.864. The van der Waals surface area contributed by atoms with Crippen LogP contribution in [0.3, 0.4) is 0 Å². The maximum Gasteiger partial charge on any atom is 0.347 e. The van der Waals surface area contributed by atoms with E-state index in [1.807, 2.05) is 0 Å². The molecule has 0 aliphatic rings. The van der Waals surface area contributed by atoms with Crippen molar-refractivity contribution >= 4 is 11.9 Å². The molecule has 0 rings (SSSR count). The lowest BCUT2D eigenvalue weighted by molar-refractivity contribution is -0.168. The number of rotatable bonds is 38. The van der Waals surface area contributed by atoms with E-state index in [4.69, 9.17) is 9.47 Å². The van der Waals surface area contributed by atoms with Crippen LogP contribution in [-0.4, -0.2) is 24.6 Å². The molecule has 0 aromatic carbocycles. The SMILES string of the molecule is CCCCC/C=C\C/C=C\CCCCCCCC(=O)OC(CCCCCCCCCCCCCCCC)C(=O)OCCCCCCCC. The minimum Gasteiger partial charge on any atom is -0.463 e. The van der Waals surface area contributed by atoms with Gasteiger partial charge < -0.3 is 9.47 Å². The van der Waals surface area contributed by atoms with Crippen molar-refractivity contribution in [3.05, 3.63) is 24.3 Å². The highest BCUT2D eigenvalue weighted by Crippen LogP contribution is 2.17. The summed E-state index contributed by atoms with van der Waals surface area (Å²) in [6, 6.07) is 0. The summed E-state index contributed by atoms with van der Waals surface area (Å²) in [6.45, 7) is 7.18. The van der Waals surface area contributed by atoms with Crippen LogP contribution in [0.4, 0.5) is 0 Å². The smallest absolute Gasteiger partial charge is 0.347 e. The zero-order valence-corrected chi connectivity index (χ0v) is 32.6. The van der Waals surface area contributed by atoms with Crippen molar-refractivity contribution in [2.45, 2.75) is 239 Å². The van der Waals surface area contributed by atoms with E-state index in [1.165, 1.54) is 141 Å². The zero-order chi connectivity index (χ0) is 35.0. The molecule has 0 aromatic rings. The quantitative estimate of drug-likeness (QED) is 0.0371. The number of hydrogen-bond acceptors (Lipinski definition) is 4. The highest BCUT2D eigenvalue weighted by molar-refractivity contribution is 5.79. The molecular formula is C44H82O4. The van der Waals surface area contributed by atoms with Gasteiger partial charge in [-0.15, -0.1) is 0 Å². The molecule has 0 N–H and O–H groups in total. The Labute approximate surface area is 300 Å². The molecule has 0 bridgehead atoms. The number of esters is 2. The van der Waals surface area contributed by atoms with Gasteiger partial charge in [0.05, 0.1) is 6.61 Å². The molecule has 0 radical (unpaired) electrons. The maximum absolute atomic E-state index is 12.9. The zero-order valence-electron chi connectivity index (χ0n) is 32.6. The molecule has 4 nitrogen and oxygen atoms in total. The normalized spacial score (nSPS) is 12.3. The van der Waals surface area contributed by atoms with Crippen LogP contribution in [0.15, 0.2) is 24.3 Å². The van der Waals surface area contributed by atoms with E-state index in [9.17, 15) is 9.59 Å². The van der Waals surface area contributed by atoms with Crippen molar-refractivity contribution in [3.8, 4) is 0 Å². The monoisotopic (exact) mass is 675 g/mol. The number of carbonyl (C=O) groups is 2. The number of unbranched alkanes of at least 4 members (excludes halogenated alkanes) is 26. The lowest BCUT2D eigenvalue weighted by Crippen LogP contribution is -2.29. The Kier molecular flexibility index (Phi) is 38.5. The molecule has 0 saturated carbocycles. The Hall–Kier alpha value is -1.58. The molecule has 1 atom stereocenters. The summed E-state index contributed by atoms with van der Waals surface area (Å²) >= 11 is 0. The van der Waals surface area contributed by atoms with Gasteiger partial charge in [-0.25, -0.2) is 4.79 Å². The third-order valence-corrected chi connectivity index (χ3v) is 9.43. The van der Waals surface area contributed by atoms with Crippen LogP contribution in [0.5, 0.6) is 0 Å². The summed E-state index contributed by atoms with van der Waals surface area (Å²) in [5.74, 6) is -0.584. The van der Waals surface area contributed by atoms with Gasteiger partial charge in [0.15, 0.2) is 6.10 Å². The predicted octanol–water partition coefficient (Wildman–Crippen LogP) is 14.5. The van der Waals surface area contributed by atoms with Crippen LogP contribution in [0, 0.1) is 0 Å². The summed E-state index contributed by atoms with van der Waals surface area (Å²) in [4.78, 5) is 25.6. The fourth-order valence-electron chi connectivity index (χ4n) is 6.20. The summed E-state index contributed by atoms with van der Waals surface area (Å²) in [7, 11) is 0. The van der Waals surface area contributed by atoms with Gasteiger partial charge in [0.2, 0.25) is 0 Å². The van der Waals surface area contributed by atoms with Gasteiger partial charge in [-0.3, -0.25) is 4.79 Å². The highest BCUT2D eigenvalue weighted by Gasteiger charge is 2.24. The fourth-order valence-corrected chi connectivity index (χ4v) is 6.20. The predicted molar refractivity (Wildman–Crippen MR) is 209 cm³/mol. The van der Waals surface area contributed by atoms with Crippen LogP contribution < -0.4 is 0 Å². The van der Waals surface area contributed by atoms with Crippen LogP contribution in [-0.2, 0) is 19.1 Å². The van der Waals surface area contributed by atoms with Crippen molar-refractivity contribution in [2.75, 3.05) is 6.61 Å². The minimum atomic E-state index is -0.743. The third kappa shape index (κ3) is 35.7. The largest absolute Gasteiger partial charge is 0.463 e. The summed E-state index contributed by atoms with van der Waals surface area (Å²) in [5, 5.41) is 0. The van der Waals surface area contributed by atoms with Gasteiger partial charge in [-0.2, -0.15) is 0 Å². The Balaban J connectivity index is 4.17. The standard InChI is InChI=1S/C44H82O4/c1-4-7-10-13-16-18-20-22-24-26-28-30-32-34-37-40-43(45)48-42(44(46)47-41-38-35-15-12-9-6-3)39-36-33-31-29-27-25-23-21-19-17-14-11-8-5-2/h16,18,22,24,42H,4-15,17,19-21,23,25-41H2,1-3H3/b18-16-,24-22-. The van der Waals surface area contributed by atoms with Crippen molar-refractivity contribution in [1.82, 2.24) is 0 Å². The number of hydrogen-bond donors (Lipinski definition) is 0. The average molecular weight is 675 g/mol. The van der Waals surface area contributed by atoms with E-state index < -0.39 is 6.10 Å². The average Bonchev–Trinajstić information content (AvgIpc) is 3.09. The topological polar surface area (TPSA) is 52.6 Å². The first-order valence-electron chi connectivity index (χ1n) is 21.3. The van der Waals surface area contributed by atoms with Gasteiger partial charge in [-0.1, -0.05) is 193 Å². The molecule has 0 heterocycles. The lowest BCUT2D eigenvalue weighted by Gasteiger charge is -2.17. The van der Waals surface area contributed by atoms with E-state index in [2.05, 4.69) is 45.1 Å². The molecule has 0 saturated heterocycles. The van der Waals surface area contributed by atoms with Crippen LogP contribution in [0.25, 0.3) is 0 Å². The Morgan fingerprint density at radius 2 is 0.854 bits per heavy atom. The third-order valence-electron chi connectivity index (χ3n) is 9.43. The molecule has 0 fully saturated rings. The second kappa shape index (κ2) is 39.9. The molecule has 0 amide bonds. The summed E-state index contributed by atoms with van der Waals surface area (Å²) < 4.78 is 11.3. The van der Waals surface area contributed by atoms with Gasteiger partial charge in [0, 0.05) is 6.42 Å². The van der Waals surface area contributed by atoms with Gasteiger partial charge >= 0.3 is 11.9 Å². The van der Waals surface area contributed by atoms with Crippen LogP contribution in [0.1, 0.15) is 233 Å². The minimum absolute atomic E-state index is 0.243. The molecule has 0 aliphatic heterocycles. The van der Waals surface area contributed by atoms with Gasteiger partial charge in [0.1, 0.15) is 0 Å². The first-order valence-corrected chi connectivity index (χ1v) is 21.3. The van der Waals surface area contributed by atoms with E-state index in [0.717, 1.165) is 57.8 Å². The van der Waals surface area contributed by atoms with E-state index in [1.54, 1.807) is 0 Å². The maximum atomic E-state index is 12.9. The van der Waals surface area contributed by atoms with Crippen LogP contribution in [0.2, 0.25) is 0 Å². The molecule has 0 aromatic heterocycles. The van der Waals surface area contributed by atoms with Crippen molar-refractivity contribution in [1.29, 1.82) is 0 Å². The van der Waals surface area contributed by atoms with Crippen LogP contribution >= 0.6 is 0 Å². The van der Waals surface area contributed by atoms with Gasteiger partial charge in [-0.05, 0) is 57.8 Å². The number of carbonyl (C=O) groups excluding carboxylic acids is 2. The molecule has 48 heavy (non-hydrogen) atoms. The molecular weight excluding hydrogens is 592 g/mol. The van der Waals surface area contributed by atoms with Gasteiger partial charge in [0.25, 0.3) is 0 Å². The lowest BCUT2D eigenvalue weighted by atomic mass is 10.0. The van der Waals surface area contributed by atoms with E-state index in [-0.39, 0.29) is 11.9 Å². The molecule has 0 spiro atoms. The van der Waals surface area contributed by atoms with E-state index >= 15 is 0 Å². The Morgan fingerprint density at radius 3 is 1.38 bits per heavy atom. The molecule has 0 aliphatic carbocycles. The van der Waals surface area contributed by atoms with Crippen molar-refractivity contribution in [3.63, 3.8) is 0 Å². The Morgan fingerprint density at radius 1 is 0.458 bits per heavy atom. The first kappa shape index (κ1) is 46.4. The second-order valence-electron chi connectivity index (χ2n) is 14.3. The summed E-state index contributed by atoms with van der Waals surface area (Å²) in [5.41, 5.74) is 0. The molecule has 282 valence electrons. The second-order valence-corrected chi connectivity index (χ2v) is 14.3. The molecule has 4 heteroatoms.